The van der Waals surface area contributed by atoms with Crippen LogP contribution in [0.15, 0.2) is 42.4 Å². The van der Waals surface area contributed by atoms with Crippen LogP contribution in [0.1, 0.15) is 27.6 Å². The van der Waals surface area contributed by atoms with Gasteiger partial charge in [-0.05, 0) is 37.1 Å². The van der Waals surface area contributed by atoms with Gasteiger partial charge >= 0.3 is 0 Å². The number of piperazine rings is 1. The number of methoxy groups -OCH3 is 1. The Balaban J connectivity index is 1.71. The maximum Gasteiger partial charge on any atom is 0.238 e. The summed E-state index contributed by atoms with van der Waals surface area (Å²) >= 11 is 0. The third-order valence-electron chi connectivity index (χ3n) is 4.57. The van der Waals surface area contributed by atoms with Crippen LogP contribution in [-0.2, 0) is 4.79 Å². The fourth-order valence-electron chi connectivity index (χ4n) is 2.98. The zero-order valence-corrected chi connectivity index (χ0v) is 17.3. The van der Waals surface area contributed by atoms with E-state index in [0.717, 1.165) is 9.80 Å². The van der Waals surface area contributed by atoms with Crippen LogP contribution in [0.4, 0.5) is 5.69 Å². The summed E-state index contributed by atoms with van der Waals surface area (Å²) in [5.41, 5.74) is 0.475. The summed E-state index contributed by atoms with van der Waals surface area (Å²) < 4.78 is 106. The lowest BCUT2D eigenvalue weighted by Gasteiger charge is -2.35. The molecule has 0 radical (unpaired) electrons. The van der Waals surface area contributed by atoms with Crippen molar-refractivity contribution in [3.05, 3.63) is 53.5 Å². The van der Waals surface area contributed by atoms with Crippen molar-refractivity contribution < 1.29 is 35.8 Å². The summed E-state index contributed by atoms with van der Waals surface area (Å²) in [6.45, 7) is -6.28. The van der Waals surface area contributed by atoms with E-state index < -0.39 is 38.6 Å². The highest BCUT2D eigenvalue weighted by molar-refractivity contribution is 5.93. The van der Waals surface area contributed by atoms with E-state index in [4.69, 9.17) is 25.9 Å². The topological polar surface area (TPSA) is 74.3 Å². The lowest BCUT2D eigenvalue weighted by atomic mass is 10.1. The fourth-order valence-corrected chi connectivity index (χ4v) is 2.98. The molecule has 31 heavy (non-hydrogen) atoms. The van der Waals surface area contributed by atoms with Gasteiger partial charge in [0.15, 0.2) is 11.5 Å². The van der Waals surface area contributed by atoms with Gasteiger partial charge in [-0.1, -0.05) is 30.3 Å². The minimum Gasteiger partial charge on any atom is -0.493 e. The number of aliphatic hydroxyl groups is 1. The summed E-state index contributed by atoms with van der Waals surface area (Å²) in [5.74, 6) is -1.80. The van der Waals surface area contributed by atoms with E-state index in [1.165, 1.54) is 38.1 Å². The van der Waals surface area contributed by atoms with Crippen molar-refractivity contribution in [2.75, 3.05) is 58.1 Å². The lowest BCUT2D eigenvalue weighted by molar-refractivity contribution is -0.117. The van der Waals surface area contributed by atoms with Crippen LogP contribution in [0.5, 0.6) is 11.5 Å². The van der Waals surface area contributed by atoms with Gasteiger partial charge in [-0.15, -0.1) is 0 Å². The largest absolute Gasteiger partial charge is 0.493 e. The molecule has 7 nitrogen and oxygen atoms in total. The van der Waals surface area contributed by atoms with Gasteiger partial charge in [-0.2, -0.15) is 0 Å². The molecular formula is C24H33N3O4. The molecule has 2 aromatic carbocycles. The first-order valence-electron chi connectivity index (χ1n) is 15.6. The van der Waals surface area contributed by atoms with E-state index in [0.29, 0.717) is 0 Å². The van der Waals surface area contributed by atoms with Gasteiger partial charge in [0.05, 0.1) is 27.2 Å². The van der Waals surface area contributed by atoms with E-state index in [-0.39, 0.29) is 72.6 Å². The molecule has 0 bridgehead atoms. The first-order valence-corrected chi connectivity index (χ1v) is 9.65. The molecule has 1 fully saturated rings. The zero-order valence-electron chi connectivity index (χ0n) is 29.3. The summed E-state index contributed by atoms with van der Waals surface area (Å²) in [4.78, 5) is 15.2. The SMILES string of the molecule is [2H]c1c([2H])c(C)c(NC(=O)C([2H])([2H])N2CCN(C([2H])([2H])C(O)C([2H])([2H])Oc3ccccc3OC([2H])([2H])[2H])CC2)c(C)c1[2H]. The van der Waals surface area contributed by atoms with Crippen LogP contribution in [-0.4, -0.2) is 79.7 Å². The molecule has 0 spiro atoms. The highest BCUT2D eigenvalue weighted by atomic mass is 16.5. The number of ether oxygens (including phenoxy) is 2. The van der Waals surface area contributed by atoms with Crippen molar-refractivity contribution in [1.29, 1.82) is 0 Å². The third kappa shape index (κ3) is 6.69. The molecule has 1 aliphatic rings. The molecule has 3 rings (SSSR count). The second-order valence-corrected chi connectivity index (χ2v) is 6.84. The van der Waals surface area contributed by atoms with Crippen molar-refractivity contribution in [2.24, 2.45) is 0 Å². The smallest absolute Gasteiger partial charge is 0.238 e. The molecule has 0 saturated carbocycles. The van der Waals surface area contributed by atoms with E-state index in [1.54, 1.807) is 0 Å². The van der Waals surface area contributed by atoms with Crippen molar-refractivity contribution in [1.82, 2.24) is 9.80 Å². The summed E-state index contributed by atoms with van der Waals surface area (Å²) in [7, 11) is -2.87. The van der Waals surface area contributed by atoms with Gasteiger partial charge < -0.3 is 19.9 Å². The number of hydrogen-bond donors (Lipinski definition) is 2. The second-order valence-electron chi connectivity index (χ2n) is 6.84. The van der Waals surface area contributed by atoms with Crippen molar-refractivity contribution in [3.8, 4) is 11.5 Å². The molecule has 168 valence electrons. The van der Waals surface area contributed by atoms with Crippen molar-refractivity contribution in [2.45, 2.75) is 20.0 Å². The Kier molecular flexibility index (Phi) is 4.26. The number of nitrogens with one attached hydrogen (secondary N) is 1. The Morgan fingerprint density at radius 1 is 1.19 bits per heavy atom. The standard InChI is InChI=1S/C24H33N3O4/c1-18-7-6-8-19(2)24(18)25-23(29)16-27-13-11-26(12-14-27)15-20(28)17-31-22-10-5-4-9-21(22)30-3/h4-10,20,28H,11-17H2,1-3H3,(H,25,29)/i3D3,6D,7D,8D,15D2,16D2,17D2. The number of benzene rings is 2. The number of amides is 1. The Morgan fingerprint density at radius 3 is 2.52 bits per heavy atom. The van der Waals surface area contributed by atoms with Crippen LogP contribution in [0, 0.1) is 13.8 Å². The number of carbonyl (C=O) groups is 1. The molecule has 2 N–H and O–H groups in total. The number of rotatable bonds is 9. The first-order chi connectivity index (χ1) is 19.6. The molecule has 1 heterocycles. The quantitative estimate of drug-likeness (QED) is 0.625. The number of anilines is 1. The zero-order chi connectivity index (χ0) is 32.7. The molecule has 1 unspecified atom stereocenters. The maximum atomic E-state index is 13.0. The average molecular weight is 440 g/mol. The molecule has 1 atom stereocenters. The highest BCUT2D eigenvalue weighted by Crippen LogP contribution is 2.25. The number of β-amino-alcohol motifs (C(OH)–C–C–N with tert-alkyl or cyclic N) is 1. The monoisotopic (exact) mass is 439 g/mol. The number of hydrogen-bond acceptors (Lipinski definition) is 6. The summed E-state index contributed by atoms with van der Waals surface area (Å²) in [5, 5.41) is 13.2. The highest BCUT2D eigenvalue weighted by Gasteiger charge is 2.21. The average Bonchev–Trinajstić information content (AvgIpc) is 2.92. The molecule has 2 aromatic rings. The minimum absolute atomic E-state index is 0.0611. The van der Waals surface area contributed by atoms with Gasteiger partial charge in [0, 0.05) is 41.1 Å². The molecule has 7 heteroatoms. The number of nitrogens with zero attached hydrogens (tertiary/aromatic N) is 2. The van der Waals surface area contributed by atoms with Crippen molar-refractivity contribution >= 4 is 11.6 Å². The maximum absolute atomic E-state index is 13.0. The second kappa shape index (κ2) is 11.1. The van der Waals surface area contributed by atoms with Crippen LogP contribution < -0.4 is 14.8 Å². The van der Waals surface area contributed by atoms with Crippen molar-refractivity contribution in [3.63, 3.8) is 0 Å². The summed E-state index contributed by atoms with van der Waals surface area (Å²) in [6, 6.07) is 4.40. The third-order valence-corrected chi connectivity index (χ3v) is 4.57. The number of para-hydroxylation sites is 3. The molecule has 0 aromatic heterocycles. The van der Waals surface area contributed by atoms with Crippen LogP contribution in [0.2, 0.25) is 0 Å². The molecule has 1 amide bonds. The molecule has 1 saturated heterocycles. The summed E-state index contributed by atoms with van der Waals surface area (Å²) in [6.07, 6.45) is -2.42. The minimum atomic E-state index is -3.07. The van der Waals surface area contributed by atoms with Gasteiger partial charge in [0.2, 0.25) is 5.91 Å². The first kappa shape index (κ1) is 11.9. The van der Waals surface area contributed by atoms with E-state index in [2.05, 4.69) is 5.32 Å². The number of aliphatic hydroxyl groups excluding tert-OH is 1. The Bertz CT molecular complexity index is 1320. The predicted molar refractivity (Wildman–Crippen MR) is 122 cm³/mol. The van der Waals surface area contributed by atoms with Gasteiger partial charge in [0.25, 0.3) is 0 Å². The lowest BCUT2D eigenvalue weighted by Crippen LogP contribution is -2.50. The Labute approximate surface area is 201 Å². The number of carbonyl (C=O) groups excluding carboxylic acids is 1. The predicted octanol–water partition coefficient (Wildman–Crippen LogP) is 2.31. The Hall–Kier alpha value is -2.61. The van der Waals surface area contributed by atoms with Gasteiger partial charge in [-0.25, -0.2) is 0 Å². The van der Waals surface area contributed by atoms with Gasteiger partial charge in [-0.3, -0.25) is 14.6 Å². The van der Waals surface area contributed by atoms with E-state index >= 15 is 0 Å². The van der Waals surface area contributed by atoms with Crippen LogP contribution in [0.3, 0.4) is 0 Å². The van der Waals surface area contributed by atoms with E-state index in [9.17, 15) is 9.90 Å². The molecule has 0 aliphatic carbocycles. The molecular weight excluding hydrogens is 394 g/mol. The fraction of sp³-hybridized carbons (Fsp3) is 0.458. The Morgan fingerprint density at radius 2 is 1.84 bits per heavy atom. The van der Waals surface area contributed by atoms with Crippen LogP contribution in [0.25, 0.3) is 0 Å². The van der Waals surface area contributed by atoms with Crippen LogP contribution >= 0.6 is 0 Å². The van der Waals surface area contributed by atoms with E-state index in [1.807, 2.05) is 0 Å². The normalized spacial score (nSPS) is 23.5. The molecule has 1 aliphatic heterocycles. The van der Waals surface area contributed by atoms with Gasteiger partial charge in [0.1, 0.15) is 12.7 Å².